The van der Waals surface area contributed by atoms with Crippen molar-refractivity contribution in [2.24, 2.45) is 11.8 Å². The molecule has 5 heteroatoms. The molecule has 0 amide bonds. The second kappa shape index (κ2) is 5.98. The van der Waals surface area contributed by atoms with Gasteiger partial charge in [0.2, 0.25) is 0 Å². The Balaban J connectivity index is 1.76. The smallest absolute Gasteiger partial charge is 0.287 e. The molecule has 26 heavy (non-hydrogen) atoms. The highest BCUT2D eigenvalue weighted by Crippen LogP contribution is 2.47. The number of benzene rings is 1. The zero-order chi connectivity index (χ0) is 17.8. The van der Waals surface area contributed by atoms with E-state index in [1.165, 1.54) is 31.2 Å². The van der Waals surface area contributed by atoms with Gasteiger partial charge in [0.15, 0.2) is 5.65 Å². The lowest BCUT2D eigenvalue weighted by Crippen LogP contribution is -2.38. The van der Waals surface area contributed by atoms with Gasteiger partial charge in [0, 0.05) is 6.04 Å². The quantitative estimate of drug-likeness (QED) is 0.604. The number of fused-ring (bicyclic) bond motifs is 4. The highest BCUT2D eigenvalue weighted by atomic mass is 35.5. The van der Waals surface area contributed by atoms with E-state index in [0.29, 0.717) is 16.7 Å². The van der Waals surface area contributed by atoms with Crippen LogP contribution in [0.1, 0.15) is 43.7 Å². The molecule has 3 aliphatic carbocycles. The Labute approximate surface area is 157 Å². The minimum atomic E-state index is 0.0103. The van der Waals surface area contributed by atoms with E-state index in [4.69, 9.17) is 11.6 Å². The van der Waals surface area contributed by atoms with Gasteiger partial charge in [-0.25, -0.2) is 14.3 Å². The van der Waals surface area contributed by atoms with Gasteiger partial charge in [-0.3, -0.25) is 4.57 Å². The summed E-state index contributed by atoms with van der Waals surface area (Å²) in [4.78, 5) is 18.0. The summed E-state index contributed by atoms with van der Waals surface area (Å²) < 4.78 is 3.73. The van der Waals surface area contributed by atoms with Gasteiger partial charge in [0.05, 0.1) is 11.2 Å². The highest BCUT2D eigenvalue weighted by molar-refractivity contribution is 6.29. The van der Waals surface area contributed by atoms with Crippen molar-refractivity contribution in [3.05, 3.63) is 57.6 Å². The van der Waals surface area contributed by atoms with Crippen molar-refractivity contribution in [1.82, 2.24) is 14.1 Å². The van der Waals surface area contributed by atoms with Crippen LogP contribution in [0.4, 0.5) is 0 Å². The molecule has 0 radical (unpaired) electrons. The first-order valence-electron chi connectivity index (χ1n) is 9.48. The van der Waals surface area contributed by atoms with Gasteiger partial charge in [0.1, 0.15) is 5.15 Å². The highest BCUT2D eigenvalue weighted by Gasteiger charge is 2.38. The van der Waals surface area contributed by atoms with Crippen LogP contribution >= 0.6 is 11.6 Å². The Morgan fingerprint density at radius 2 is 1.77 bits per heavy atom. The number of aromatic nitrogens is 3. The fraction of sp³-hybridized carbons (Fsp3) is 0.429. The lowest BCUT2D eigenvalue weighted by molar-refractivity contribution is 0.105. The van der Waals surface area contributed by atoms with Crippen LogP contribution in [0.15, 0.2) is 41.2 Å². The second-order valence-electron chi connectivity index (χ2n) is 7.88. The molecule has 2 bridgehead atoms. The number of hydrogen-bond donors (Lipinski definition) is 0. The van der Waals surface area contributed by atoms with Gasteiger partial charge in [-0.1, -0.05) is 42.1 Å². The van der Waals surface area contributed by atoms with Crippen LogP contribution in [0, 0.1) is 18.8 Å². The number of hydrogen-bond acceptors (Lipinski definition) is 2. The van der Waals surface area contributed by atoms with Gasteiger partial charge in [-0.05, 0) is 62.3 Å². The molecule has 4 nitrogen and oxygen atoms in total. The van der Waals surface area contributed by atoms with Crippen molar-refractivity contribution in [1.29, 1.82) is 0 Å². The number of imidazole rings is 1. The molecule has 0 aliphatic heterocycles. The number of halogens is 1. The standard InChI is InChI=1S/C21H22ClN3O/c1-13-2-8-16(9-3-13)24-20-17(10-11-19(22)23-20)25(21(24)26)18-12-14-4-6-15(18)7-5-14/h2-3,8-11,14-15,18H,4-7,12H2,1H3. The van der Waals surface area contributed by atoms with E-state index in [0.717, 1.165) is 23.5 Å². The normalized spacial score (nSPS) is 25.1. The third kappa shape index (κ3) is 2.43. The van der Waals surface area contributed by atoms with E-state index in [1.54, 1.807) is 10.6 Å². The Morgan fingerprint density at radius 3 is 2.42 bits per heavy atom. The number of rotatable bonds is 2. The molecule has 6 rings (SSSR count). The molecule has 134 valence electrons. The maximum Gasteiger partial charge on any atom is 0.335 e. The van der Waals surface area contributed by atoms with Crippen molar-refractivity contribution in [2.45, 2.75) is 45.1 Å². The van der Waals surface area contributed by atoms with Crippen LogP contribution in [-0.4, -0.2) is 14.1 Å². The molecule has 2 aromatic heterocycles. The minimum Gasteiger partial charge on any atom is -0.287 e. The number of pyridine rings is 1. The van der Waals surface area contributed by atoms with Crippen LogP contribution in [0.5, 0.6) is 0 Å². The van der Waals surface area contributed by atoms with Crippen molar-refractivity contribution >= 4 is 22.8 Å². The molecule has 0 saturated heterocycles. The molecular formula is C21H22ClN3O. The zero-order valence-electron chi connectivity index (χ0n) is 14.9. The number of aryl methyl sites for hydroxylation is 1. The molecule has 3 saturated carbocycles. The Kier molecular flexibility index (Phi) is 3.71. The molecule has 2 heterocycles. The van der Waals surface area contributed by atoms with Crippen LogP contribution in [-0.2, 0) is 0 Å². The van der Waals surface area contributed by atoms with Crippen molar-refractivity contribution in [3.8, 4) is 5.69 Å². The Hall–Kier alpha value is -2.07. The molecule has 0 N–H and O–H groups in total. The van der Waals surface area contributed by atoms with Gasteiger partial charge < -0.3 is 0 Å². The molecule has 1 aromatic carbocycles. The summed E-state index contributed by atoms with van der Waals surface area (Å²) in [6.07, 6.45) is 6.22. The first-order valence-corrected chi connectivity index (χ1v) is 9.86. The van der Waals surface area contributed by atoms with E-state index in [9.17, 15) is 4.79 Å². The Bertz CT molecular complexity index is 1030. The van der Waals surface area contributed by atoms with Crippen molar-refractivity contribution in [2.75, 3.05) is 0 Å². The fourth-order valence-electron chi connectivity index (χ4n) is 4.98. The molecule has 3 fully saturated rings. The van der Waals surface area contributed by atoms with Crippen LogP contribution < -0.4 is 5.69 Å². The third-order valence-electron chi connectivity index (χ3n) is 6.32. The summed E-state index contributed by atoms with van der Waals surface area (Å²) in [7, 11) is 0. The van der Waals surface area contributed by atoms with E-state index < -0.39 is 0 Å². The van der Waals surface area contributed by atoms with Gasteiger partial charge >= 0.3 is 5.69 Å². The zero-order valence-corrected chi connectivity index (χ0v) is 15.6. The van der Waals surface area contributed by atoms with Gasteiger partial charge in [-0.15, -0.1) is 0 Å². The number of nitrogens with zero attached hydrogens (tertiary/aromatic N) is 3. The minimum absolute atomic E-state index is 0.0103. The first-order chi connectivity index (χ1) is 12.6. The molecule has 3 aliphatic rings. The van der Waals surface area contributed by atoms with E-state index in [1.807, 2.05) is 41.8 Å². The van der Waals surface area contributed by atoms with Crippen LogP contribution in [0.25, 0.3) is 16.9 Å². The van der Waals surface area contributed by atoms with Crippen LogP contribution in [0.3, 0.4) is 0 Å². The lowest BCUT2D eigenvalue weighted by Gasteiger charge is -2.42. The average Bonchev–Trinajstić information content (AvgIpc) is 2.94. The molecule has 0 spiro atoms. The average molecular weight is 368 g/mol. The predicted octanol–water partition coefficient (Wildman–Crippen LogP) is 4.90. The second-order valence-corrected chi connectivity index (χ2v) is 8.27. The summed E-state index contributed by atoms with van der Waals surface area (Å²) in [6, 6.07) is 12.1. The summed E-state index contributed by atoms with van der Waals surface area (Å²) in [5.74, 6) is 1.36. The first kappa shape index (κ1) is 16.1. The van der Waals surface area contributed by atoms with E-state index >= 15 is 0 Å². The van der Waals surface area contributed by atoms with Crippen LogP contribution in [0.2, 0.25) is 5.15 Å². The summed E-state index contributed by atoms with van der Waals surface area (Å²) in [6.45, 7) is 2.05. The monoisotopic (exact) mass is 367 g/mol. The summed E-state index contributed by atoms with van der Waals surface area (Å²) in [5.41, 5.74) is 3.59. The molecule has 1 atom stereocenters. The van der Waals surface area contributed by atoms with E-state index in [2.05, 4.69) is 4.98 Å². The molecular weight excluding hydrogens is 346 g/mol. The molecule has 3 aromatic rings. The Morgan fingerprint density at radius 1 is 1.04 bits per heavy atom. The van der Waals surface area contributed by atoms with Gasteiger partial charge in [0.25, 0.3) is 0 Å². The van der Waals surface area contributed by atoms with E-state index in [-0.39, 0.29) is 11.7 Å². The SMILES string of the molecule is Cc1ccc(-n2c(=O)n(C3CC4CCC3CC4)c3ccc(Cl)nc32)cc1. The fourth-order valence-corrected chi connectivity index (χ4v) is 5.12. The van der Waals surface area contributed by atoms with Crippen molar-refractivity contribution in [3.63, 3.8) is 0 Å². The predicted molar refractivity (Wildman–Crippen MR) is 104 cm³/mol. The van der Waals surface area contributed by atoms with Crippen molar-refractivity contribution < 1.29 is 0 Å². The topological polar surface area (TPSA) is 39.8 Å². The third-order valence-corrected chi connectivity index (χ3v) is 6.53. The summed E-state index contributed by atoms with van der Waals surface area (Å²) in [5, 5.41) is 0.417. The maximum absolute atomic E-state index is 13.5. The molecule has 1 unspecified atom stereocenters. The van der Waals surface area contributed by atoms with Gasteiger partial charge in [-0.2, -0.15) is 0 Å². The lowest BCUT2D eigenvalue weighted by atomic mass is 9.68. The largest absolute Gasteiger partial charge is 0.335 e. The maximum atomic E-state index is 13.5. The summed E-state index contributed by atoms with van der Waals surface area (Å²) >= 11 is 6.18.